The van der Waals surface area contributed by atoms with Crippen LogP contribution in [0.5, 0.6) is 5.75 Å². The first-order valence-electron chi connectivity index (χ1n) is 5.94. The molecule has 1 aromatic carbocycles. The minimum Gasteiger partial charge on any atom is -0.508 e. The molecule has 0 unspecified atom stereocenters. The van der Waals surface area contributed by atoms with Crippen molar-refractivity contribution in [2.45, 2.75) is 26.2 Å². The molecule has 0 bridgehead atoms. The topological polar surface area (TPSA) is 23.5 Å². The van der Waals surface area contributed by atoms with Crippen molar-refractivity contribution < 1.29 is 5.11 Å². The van der Waals surface area contributed by atoms with Crippen LogP contribution in [0.2, 0.25) is 0 Å². The molecular weight excluding hydrogens is 198 g/mol. The molecule has 1 aromatic rings. The van der Waals surface area contributed by atoms with E-state index in [0.717, 1.165) is 13.0 Å². The molecule has 0 radical (unpaired) electrons. The molecule has 0 fully saturated rings. The van der Waals surface area contributed by atoms with E-state index in [-0.39, 0.29) is 0 Å². The summed E-state index contributed by atoms with van der Waals surface area (Å²) in [6.45, 7) is 5.56. The lowest BCUT2D eigenvalue weighted by molar-refractivity contribution is 0.351. The van der Waals surface area contributed by atoms with Crippen LogP contribution in [0.3, 0.4) is 0 Å². The molecule has 0 aliphatic heterocycles. The van der Waals surface area contributed by atoms with E-state index in [1.165, 1.54) is 5.56 Å². The molecule has 16 heavy (non-hydrogen) atoms. The number of rotatable bonds is 5. The van der Waals surface area contributed by atoms with Gasteiger partial charge in [0.1, 0.15) is 5.75 Å². The van der Waals surface area contributed by atoms with E-state index in [4.69, 9.17) is 0 Å². The van der Waals surface area contributed by atoms with Crippen LogP contribution < -0.4 is 0 Å². The summed E-state index contributed by atoms with van der Waals surface area (Å²) < 4.78 is 0. The van der Waals surface area contributed by atoms with Gasteiger partial charge in [-0.05, 0) is 56.6 Å². The van der Waals surface area contributed by atoms with Gasteiger partial charge in [-0.15, -0.1) is 0 Å². The molecule has 1 N–H and O–H groups in total. The Bertz CT molecular complexity index is 320. The third-order valence-electron chi connectivity index (χ3n) is 2.99. The smallest absolute Gasteiger partial charge is 0.115 e. The van der Waals surface area contributed by atoms with Crippen molar-refractivity contribution in [3.8, 4) is 5.75 Å². The monoisotopic (exact) mass is 221 g/mol. The number of hydrogen-bond acceptors (Lipinski definition) is 2. The lowest BCUT2D eigenvalue weighted by Gasteiger charge is -2.23. The van der Waals surface area contributed by atoms with Crippen molar-refractivity contribution in [3.63, 3.8) is 0 Å². The standard InChI is InChI=1S/C14H23NO/c1-11(2)14(8-9-15(3)4)12-6-5-7-13(16)10-12/h5-7,10-11,14,16H,8-9H2,1-4H3/t14-/m1/s1. The van der Waals surface area contributed by atoms with Crippen LogP contribution in [0.25, 0.3) is 0 Å². The van der Waals surface area contributed by atoms with Gasteiger partial charge in [0.05, 0.1) is 0 Å². The fraction of sp³-hybridized carbons (Fsp3) is 0.571. The first-order valence-corrected chi connectivity index (χ1v) is 5.94. The van der Waals surface area contributed by atoms with Gasteiger partial charge in [-0.1, -0.05) is 26.0 Å². The van der Waals surface area contributed by atoms with Crippen LogP contribution >= 0.6 is 0 Å². The highest BCUT2D eigenvalue weighted by atomic mass is 16.3. The second kappa shape index (κ2) is 5.90. The van der Waals surface area contributed by atoms with Gasteiger partial charge in [0.25, 0.3) is 0 Å². The molecule has 1 rings (SSSR count). The lowest BCUT2D eigenvalue weighted by atomic mass is 9.85. The van der Waals surface area contributed by atoms with Gasteiger partial charge in [-0.2, -0.15) is 0 Å². The lowest BCUT2D eigenvalue weighted by Crippen LogP contribution is -2.18. The molecule has 0 saturated carbocycles. The van der Waals surface area contributed by atoms with Gasteiger partial charge in [-0.3, -0.25) is 0 Å². The Morgan fingerprint density at radius 1 is 1.25 bits per heavy atom. The summed E-state index contributed by atoms with van der Waals surface area (Å²) in [7, 11) is 4.19. The summed E-state index contributed by atoms with van der Waals surface area (Å²) in [5, 5.41) is 9.51. The second-order valence-electron chi connectivity index (χ2n) is 5.04. The van der Waals surface area contributed by atoms with Crippen molar-refractivity contribution in [2.24, 2.45) is 5.92 Å². The molecule has 0 saturated heterocycles. The van der Waals surface area contributed by atoms with Crippen molar-refractivity contribution in [1.82, 2.24) is 4.90 Å². The summed E-state index contributed by atoms with van der Waals surface area (Å²) in [6.07, 6.45) is 1.13. The fourth-order valence-corrected chi connectivity index (χ4v) is 2.04. The SMILES string of the molecule is CC(C)[C@@H](CCN(C)C)c1cccc(O)c1. The summed E-state index contributed by atoms with van der Waals surface area (Å²) in [4.78, 5) is 2.21. The third kappa shape index (κ3) is 3.86. The quantitative estimate of drug-likeness (QED) is 0.826. The number of hydrogen-bond donors (Lipinski definition) is 1. The Kier molecular flexibility index (Phi) is 4.81. The summed E-state index contributed by atoms with van der Waals surface area (Å²) in [5.41, 5.74) is 1.25. The van der Waals surface area contributed by atoms with Gasteiger partial charge in [0, 0.05) is 0 Å². The Hall–Kier alpha value is -1.02. The molecule has 90 valence electrons. The Balaban J connectivity index is 2.77. The van der Waals surface area contributed by atoms with Gasteiger partial charge in [0.2, 0.25) is 0 Å². The zero-order valence-corrected chi connectivity index (χ0v) is 10.8. The maximum absolute atomic E-state index is 9.51. The highest BCUT2D eigenvalue weighted by Crippen LogP contribution is 2.29. The van der Waals surface area contributed by atoms with Gasteiger partial charge < -0.3 is 10.0 Å². The van der Waals surface area contributed by atoms with Crippen LogP contribution in [-0.2, 0) is 0 Å². The number of phenolic OH excluding ortho intramolecular Hbond substituents is 1. The van der Waals surface area contributed by atoms with Crippen molar-refractivity contribution in [2.75, 3.05) is 20.6 Å². The molecule has 2 nitrogen and oxygen atoms in total. The highest BCUT2D eigenvalue weighted by Gasteiger charge is 2.16. The van der Waals surface area contributed by atoms with E-state index in [9.17, 15) is 5.11 Å². The number of nitrogens with zero attached hydrogens (tertiary/aromatic N) is 1. The fourth-order valence-electron chi connectivity index (χ4n) is 2.04. The van der Waals surface area contributed by atoms with E-state index in [1.54, 1.807) is 6.07 Å². The van der Waals surface area contributed by atoms with E-state index >= 15 is 0 Å². The molecule has 0 aliphatic rings. The van der Waals surface area contributed by atoms with Crippen molar-refractivity contribution >= 4 is 0 Å². The maximum atomic E-state index is 9.51. The Morgan fingerprint density at radius 2 is 1.94 bits per heavy atom. The Morgan fingerprint density at radius 3 is 2.44 bits per heavy atom. The minimum absolute atomic E-state index is 0.369. The molecule has 0 aliphatic carbocycles. The van der Waals surface area contributed by atoms with Crippen LogP contribution in [0.4, 0.5) is 0 Å². The molecule has 0 amide bonds. The highest BCUT2D eigenvalue weighted by molar-refractivity contribution is 5.30. The van der Waals surface area contributed by atoms with E-state index in [2.05, 4.69) is 38.9 Å². The van der Waals surface area contributed by atoms with Crippen LogP contribution in [0, 0.1) is 5.92 Å². The summed E-state index contributed by atoms with van der Waals surface area (Å²) in [6, 6.07) is 7.66. The van der Waals surface area contributed by atoms with Crippen LogP contribution in [0.15, 0.2) is 24.3 Å². The van der Waals surface area contributed by atoms with Crippen LogP contribution in [0.1, 0.15) is 31.7 Å². The van der Waals surface area contributed by atoms with E-state index < -0.39 is 0 Å². The molecule has 2 heteroatoms. The largest absolute Gasteiger partial charge is 0.508 e. The average Bonchev–Trinajstić information content (AvgIpc) is 2.17. The summed E-state index contributed by atoms with van der Waals surface area (Å²) in [5.74, 6) is 1.49. The third-order valence-corrected chi connectivity index (χ3v) is 2.99. The first-order chi connectivity index (χ1) is 7.50. The predicted octanol–water partition coefficient (Wildman–Crippen LogP) is 3.08. The van der Waals surface area contributed by atoms with Gasteiger partial charge >= 0.3 is 0 Å². The van der Waals surface area contributed by atoms with Gasteiger partial charge in [-0.25, -0.2) is 0 Å². The van der Waals surface area contributed by atoms with Gasteiger partial charge in [0.15, 0.2) is 0 Å². The predicted molar refractivity (Wildman–Crippen MR) is 68.9 cm³/mol. The van der Waals surface area contributed by atoms with Crippen molar-refractivity contribution in [3.05, 3.63) is 29.8 Å². The molecule has 1 atom stereocenters. The average molecular weight is 221 g/mol. The Labute approximate surface area is 98.9 Å². The normalized spacial score (nSPS) is 13.4. The zero-order valence-electron chi connectivity index (χ0n) is 10.8. The second-order valence-corrected chi connectivity index (χ2v) is 5.04. The van der Waals surface area contributed by atoms with Crippen molar-refractivity contribution in [1.29, 1.82) is 0 Å². The van der Waals surface area contributed by atoms with E-state index in [1.807, 2.05) is 12.1 Å². The zero-order chi connectivity index (χ0) is 12.1. The molecule has 0 spiro atoms. The molecular formula is C14H23NO. The summed E-state index contributed by atoms with van der Waals surface area (Å²) >= 11 is 0. The van der Waals surface area contributed by atoms with Crippen LogP contribution in [-0.4, -0.2) is 30.6 Å². The van der Waals surface area contributed by atoms with E-state index in [0.29, 0.717) is 17.6 Å². The number of benzene rings is 1. The minimum atomic E-state index is 0.369. The molecule has 0 aromatic heterocycles. The maximum Gasteiger partial charge on any atom is 0.115 e. The number of phenols is 1. The number of aromatic hydroxyl groups is 1. The first kappa shape index (κ1) is 13.0. The molecule has 0 heterocycles.